The Morgan fingerprint density at radius 1 is 0.864 bits per heavy atom. The SMILES string of the molecule is NC1CCC(O)(O)C(O)(O)C1(O)O.NCCCCCCCO. The van der Waals surface area contributed by atoms with Crippen molar-refractivity contribution in [1.82, 2.24) is 0 Å². The molecule has 0 aromatic heterocycles. The number of aliphatic hydroxyl groups excluding tert-OH is 1. The van der Waals surface area contributed by atoms with Gasteiger partial charge in [-0.1, -0.05) is 19.3 Å². The lowest BCUT2D eigenvalue weighted by Gasteiger charge is -2.49. The molecule has 1 fully saturated rings. The second-order valence-electron chi connectivity index (χ2n) is 5.64. The first-order valence-corrected chi connectivity index (χ1v) is 7.45. The summed E-state index contributed by atoms with van der Waals surface area (Å²) in [5, 5.41) is 62.9. The van der Waals surface area contributed by atoms with Gasteiger partial charge in [0.1, 0.15) is 0 Å². The quantitative estimate of drug-likeness (QED) is 0.181. The monoisotopic (exact) mass is 326 g/mol. The number of rotatable bonds is 6. The predicted molar refractivity (Wildman–Crippen MR) is 77.9 cm³/mol. The van der Waals surface area contributed by atoms with E-state index in [9.17, 15) is 0 Å². The zero-order chi connectivity index (χ0) is 17.4. The molecular weight excluding hydrogens is 296 g/mol. The van der Waals surface area contributed by atoms with Gasteiger partial charge in [0, 0.05) is 13.0 Å². The normalized spacial score (nSPS) is 25.2. The van der Waals surface area contributed by atoms with E-state index in [0.29, 0.717) is 6.61 Å². The second-order valence-corrected chi connectivity index (χ2v) is 5.64. The van der Waals surface area contributed by atoms with Gasteiger partial charge in [-0.25, -0.2) is 0 Å². The van der Waals surface area contributed by atoms with Crippen LogP contribution in [-0.2, 0) is 0 Å². The number of nitrogens with two attached hydrogens (primary N) is 2. The van der Waals surface area contributed by atoms with Crippen molar-refractivity contribution in [3.63, 3.8) is 0 Å². The Kier molecular flexibility index (Phi) is 8.91. The van der Waals surface area contributed by atoms with E-state index in [1.54, 1.807) is 0 Å². The average molecular weight is 326 g/mol. The van der Waals surface area contributed by atoms with Crippen LogP contribution in [0, 0.1) is 0 Å². The molecule has 0 radical (unpaired) electrons. The summed E-state index contributed by atoms with van der Waals surface area (Å²) in [7, 11) is 0. The minimum atomic E-state index is -3.46. The van der Waals surface area contributed by atoms with Gasteiger partial charge in [0.05, 0.1) is 6.04 Å². The number of aliphatic hydroxyl groups is 7. The highest BCUT2D eigenvalue weighted by Gasteiger charge is 2.66. The first kappa shape index (κ1) is 21.6. The molecule has 0 aliphatic heterocycles. The lowest BCUT2D eigenvalue weighted by molar-refractivity contribution is -0.469. The summed E-state index contributed by atoms with van der Waals surface area (Å²) in [6, 6.07) is -1.35. The molecule has 134 valence electrons. The van der Waals surface area contributed by atoms with Crippen molar-refractivity contribution in [1.29, 1.82) is 0 Å². The van der Waals surface area contributed by atoms with Crippen LogP contribution in [0.4, 0.5) is 0 Å². The van der Waals surface area contributed by atoms with Gasteiger partial charge >= 0.3 is 0 Å². The van der Waals surface area contributed by atoms with Crippen LogP contribution < -0.4 is 11.5 Å². The Hall–Kier alpha value is -0.360. The van der Waals surface area contributed by atoms with Gasteiger partial charge < -0.3 is 47.2 Å². The van der Waals surface area contributed by atoms with Crippen molar-refractivity contribution in [2.24, 2.45) is 11.5 Å². The summed E-state index contributed by atoms with van der Waals surface area (Å²) >= 11 is 0. The van der Waals surface area contributed by atoms with Crippen molar-refractivity contribution in [2.75, 3.05) is 13.2 Å². The fraction of sp³-hybridized carbons (Fsp3) is 1.00. The summed E-state index contributed by atoms with van der Waals surface area (Å²) in [6.45, 7) is 1.14. The van der Waals surface area contributed by atoms with Gasteiger partial charge in [-0.05, 0) is 25.8 Å². The first-order chi connectivity index (χ1) is 10.0. The Labute approximate surface area is 129 Å². The summed E-state index contributed by atoms with van der Waals surface area (Å²) in [5.74, 6) is -9.58. The molecule has 0 saturated heterocycles. The largest absolute Gasteiger partial charge is 0.396 e. The Morgan fingerprint density at radius 2 is 1.36 bits per heavy atom. The molecule has 1 aliphatic rings. The van der Waals surface area contributed by atoms with E-state index < -0.39 is 29.8 Å². The fourth-order valence-corrected chi connectivity index (χ4v) is 2.07. The highest BCUT2D eigenvalue weighted by atomic mass is 16.7. The molecule has 1 unspecified atom stereocenters. The molecule has 0 heterocycles. The Morgan fingerprint density at radius 3 is 1.82 bits per heavy atom. The van der Waals surface area contributed by atoms with Crippen LogP contribution in [0.1, 0.15) is 44.9 Å². The minimum Gasteiger partial charge on any atom is -0.396 e. The molecule has 0 bridgehead atoms. The molecule has 1 aliphatic carbocycles. The molecule has 11 N–H and O–H groups in total. The van der Waals surface area contributed by atoms with Crippen LogP contribution in [0.3, 0.4) is 0 Å². The third-order valence-corrected chi connectivity index (χ3v) is 3.75. The molecule has 1 rings (SSSR count). The van der Waals surface area contributed by atoms with Crippen LogP contribution in [-0.4, -0.2) is 72.3 Å². The van der Waals surface area contributed by atoms with Crippen molar-refractivity contribution < 1.29 is 35.7 Å². The number of unbranched alkanes of at least 4 members (excludes halogenated alkanes) is 4. The van der Waals surface area contributed by atoms with Crippen molar-refractivity contribution >= 4 is 0 Å². The van der Waals surface area contributed by atoms with Crippen molar-refractivity contribution in [3.8, 4) is 0 Å². The first-order valence-electron chi connectivity index (χ1n) is 7.45. The van der Waals surface area contributed by atoms with E-state index in [-0.39, 0.29) is 6.42 Å². The summed E-state index contributed by atoms with van der Waals surface area (Å²) < 4.78 is 0. The minimum absolute atomic E-state index is 0.150. The van der Waals surface area contributed by atoms with E-state index in [4.69, 9.17) is 47.2 Å². The van der Waals surface area contributed by atoms with Crippen LogP contribution in [0.25, 0.3) is 0 Å². The molecule has 0 spiro atoms. The number of hydrogen-bond acceptors (Lipinski definition) is 9. The molecule has 0 aromatic rings. The lowest BCUT2D eigenvalue weighted by Crippen LogP contribution is -2.76. The average Bonchev–Trinajstić information content (AvgIpc) is 2.43. The molecule has 0 aromatic carbocycles. The van der Waals surface area contributed by atoms with Gasteiger partial charge in [0.25, 0.3) is 5.79 Å². The van der Waals surface area contributed by atoms with Crippen LogP contribution >= 0.6 is 0 Å². The highest BCUT2D eigenvalue weighted by molar-refractivity contribution is 5.03. The van der Waals surface area contributed by atoms with Crippen LogP contribution in [0.2, 0.25) is 0 Å². The van der Waals surface area contributed by atoms with E-state index >= 15 is 0 Å². The zero-order valence-corrected chi connectivity index (χ0v) is 12.7. The highest BCUT2D eigenvalue weighted by Crippen LogP contribution is 2.38. The van der Waals surface area contributed by atoms with E-state index in [0.717, 1.165) is 25.8 Å². The Bertz CT molecular complexity index is 305. The topological polar surface area (TPSA) is 194 Å². The van der Waals surface area contributed by atoms with Gasteiger partial charge in [-0.2, -0.15) is 0 Å². The predicted octanol–water partition coefficient (Wildman–Crippen LogP) is -2.96. The van der Waals surface area contributed by atoms with Gasteiger partial charge in [0.15, 0.2) is 0 Å². The van der Waals surface area contributed by atoms with Crippen molar-refractivity contribution in [2.45, 2.75) is 68.3 Å². The van der Waals surface area contributed by atoms with Gasteiger partial charge in [-0.15, -0.1) is 0 Å². The maximum absolute atomic E-state index is 9.12. The molecule has 9 heteroatoms. The van der Waals surface area contributed by atoms with Crippen molar-refractivity contribution in [3.05, 3.63) is 0 Å². The molecule has 1 saturated carbocycles. The third-order valence-electron chi connectivity index (χ3n) is 3.75. The number of hydrogen-bond donors (Lipinski definition) is 9. The maximum atomic E-state index is 9.12. The van der Waals surface area contributed by atoms with E-state index in [2.05, 4.69) is 0 Å². The molecule has 22 heavy (non-hydrogen) atoms. The van der Waals surface area contributed by atoms with Gasteiger partial charge in [0.2, 0.25) is 11.6 Å². The Balaban J connectivity index is 0.000000433. The summed E-state index contributed by atoms with van der Waals surface area (Å²) in [5.41, 5.74) is 10.5. The zero-order valence-electron chi connectivity index (χ0n) is 12.7. The molecule has 0 amide bonds. The maximum Gasteiger partial charge on any atom is 0.275 e. The van der Waals surface area contributed by atoms with Gasteiger partial charge in [-0.3, -0.25) is 0 Å². The standard InChI is InChI=1S/C7H17NO.C6H13NO6/c8-6-4-2-1-3-5-7-9;7-3-1-2-4(8,9)6(12,13)5(3,10)11/h9H,1-8H2;3,8-13H,1-2,7H2. The summed E-state index contributed by atoms with van der Waals surface area (Å²) in [4.78, 5) is 0. The molecule has 1 atom stereocenters. The summed E-state index contributed by atoms with van der Waals surface area (Å²) in [6.07, 6.45) is 5.06. The third kappa shape index (κ3) is 5.37. The smallest absolute Gasteiger partial charge is 0.275 e. The molecule has 9 nitrogen and oxygen atoms in total. The fourth-order valence-electron chi connectivity index (χ4n) is 2.07. The second kappa shape index (κ2) is 9.06. The van der Waals surface area contributed by atoms with Crippen LogP contribution in [0.15, 0.2) is 0 Å². The lowest BCUT2D eigenvalue weighted by atomic mass is 9.79. The van der Waals surface area contributed by atoms with E-state index in [1.807, 2.05) is 0 Å². The van der Waals surface area contributed by atoms with E-state index in [1.165, 1.54) is 12.8 Å². The van der Waals surface area contributed by atoms with Crippen LogP contribution in [0.5, 0.6) is 0 Å². The molecular formula is C13H30N2O7.